The molecule has 7 heteroatoms. The molecule has 2 N–H and O–H groups in total. The first-order valence-corrected chi connectivity index (χ1v) is 5.75. The summed E-state index contributed by atoms with van der Waals surface area (Å²) in [6.07, 6.45) is -0.762. The molecule has 2 heterocycles. The lowest BCUT2D eigenvalue weighted by Gasteiger charge is -2.19. The number of β-amino-alcohol motifs (C(OH)–C–C–N with tert-alkyl or cyclic N) is 1. The maximum atomic E-state index is 12.0. The van der Waals surface area contributed by atoms with E-state index in [9.17, 15) is 14.7 Å². The number of likely N-dealkylation sites (tertiary alicyclic amines) is 1. The first kappa shape index (κ1) is 12.1. The van der Waals surface area contributed by atoms with Crippen molar-refractivity contribution in [3.05, 3.63) is 22.6 Å². The summed E-state index contributed by atoms with van der Waals surface area (Å²) in [5.74, 6) is -1.60. The Morgan fingerprint density at radius 2 is 2.18 bits per heavy atom. The fourth-order valence-electron chi connectivity index (χ4n) is 1.84. The van der Waals surface area contributed by atoms with Gasteiger partial charge in [0.05, 0.1) is 6.10 Å². The molecule has 1 aliphatic heterocycles. The summed E-state index contributed by atoms with van der Waals surface area (Å²) in [5.41, 5.74) is 0. The highest BCUT2D eigenvalue weighted by Gasteiger charge is 2.40. The molecule has 6 nitrogen and oxygen atoms in total. The van der Waals surface area contributed by atoms with E-state index in [4.69, 9.17) is 9.52 Å². The molecule has 0 aliphatic carbocycles. The van der Waals surface area contributed by atoms with Crippen LogP contribution in [0.5, 0.6) is 0 Å². The number of aliphatic carboxylic acids is 1. The van der Waals surface area contributed by atoms with E-state index >= 15 is 0 Å². The quantitative estimate of drug-likeness (QED) is 0.839. The number of carboxylic acid groups (broad SMARTS) is 1. The molecule has 1 aromatic rings. The van der Waals surface area contributed by atoms with Crippen LogP contribution in [0.1, 0.15) is 17.0 Å². The molecule has 0 unspecified atom stereocenters. The zero-order valence-electron chi connectivity index (χ0n) is 8.67. The van der Waals surface area contributed by atoms with Gasteiger partial charge < -0.3 is 19.5 Å². The van der Waals surface area contributed by atoms with Crippen molar-refractivity contribution in [2.45, 2.75) is 18.6 Å². The Balaban J connectivity index is 2.21. The van der Waals surface area contributed by atoms with Crippen LogP contribution in [0.3, 0.4) is 0 Å². The number of nitrogens with zero attached hydrogens (tertiary/aromatic N) is 1. The van der Waals surface area contributed by atoms with Crippen molar-refractivity contribution in [1.82, 2.24) is 4.90 Å². The van der Waals surface area contributed by atoms with Crippen LogP contribution in [-0.4, -0.2) is 45.7 Å². The van der Waals surface area contributed by atoms with Gasteiger partial charge >= 0.3 is 5.97 Å². The van der Waals surface area contributed by atoms with E-state index in [-0.39, 0.29) is 18.7 Å². The highest BCUT2D eigenvalue weighted by atomic mass is 79.9. The number of carbonyl (C=O) groups is 2. The Hall–Kier alpha value is -1.34. The van der Waals surface area contributed by atoms with Gasteiger partial charge in [0.1, 0.15) is 6.04 Å². The average Bonchev–Trinajstić information content (AvgIpc) is 2.83. The summed E-state index contributed by atoms with van der Waals surface area (Å²) in [6.45, 7) is 0.00805. The Bertz CT molecular complexity index is 457. The molecule has 1 aromatic heterocycles. The van der Waals surface area contributed by atoms with E-state index in [0.717, 1.165) is 4.90 Å². The fraction of sp³-hybridized carbons (Fsp3) is 0.400. The molecule has 2 rings (SSSR count). The Kier molecular flexibility index (Phi) is 3.21. The number of rotatable bonds is 2. The van der Waals surface area contributed by atoms with Gasteiger partial charge in [-0.25, -0.2) is 4.79 Å². The van der Waals surface area contributed by atoms with Crippen LogP contribution in [0, 0.1) is 0 Å². The maximum Gasteiger partial charge on any atom is 0.326 e. The van der Waals surface area contributed by atoms with Gasteiger partial charge in [-0.05, 0) is 28.1 Å². The van der Waals surface area contributed by atoms with Crippen LogP contribution in [0.4, 0.5) is 0 Å². The van der Waals surface area contributed by atoms with Gasteiger partial charge in [0.2, 0.25) is 0 Å². The number of aliphatic hydroxyl groups excluding tert-OH is 1. The van der Waals surface area contributed by atoms with Crippen LogP contribution in [0.25, 0.3) is 0 Å². The molecule has 0 saturated carbocycles. The molecule has 1 amide bonds. The number of halogens is 1. The zero-order chi connectivity index (χ0) is 12.6. The predicted octanol–water partition coefficient (Wildman–Crippen LogP) is 0.702. The lowest BCUT2D eigenvalue weighted by molar-refractivity contribution is -0.141. The minimum absolute atomic E-state index is 0.00805. The van der Waals surface area contributed by atoms with E-state index in [1.54, 1.807) is 6.07 Å². The molecule has 0 aromatic carbocycles. The molecule has 0 radical (unpaired) electrons. The van der Waals surface area contributed by atoms with E-state index in [1.165, 1.54) is 6.07 Å². The molecular formula is C10H10BrNO5. The molecular weight excluding hydrogens is 294 g/mol. The van der Waals surface area contributed by atoms with Gasteiger partial charge in [0.15, 0.2) is 10.4 Å². The highest BCUT2D eigenvalue weighted by molar-refractivity contribution is 9.10. The maximum absolute atomic E-state index is 12.0. The smallest absolute Gasteiger partial charge is 0.326 e. The lowest BCUT2D eigenvalue weighted by Crippen LogP contribution is -2.40. The third kappa shape index (κ3) is 2.34. The second kappa shape index (κ2) is 4.50. The summed E-state index contributed by atoms with van der Waals surface area (Å²) in [5, 5.41) is 18.4. The van der Waals surface area contributed by atoms with Gasteiger partial charge in [-0.2, -0.15) is 0 Å². The largest absolute Gasteiger partial charge is 0.480 e. The molecule has 0 bridgehead atoms. The fourth-order valence-corrected chi connectivity index (χ4v) is 2.15. The van der Waals surface area contributed by atoms with Crippen molar-refractivity contribution in [3.8, 4) is 0 Å². The van der Waals surface area contributed by atoms with E-state index in [0.29, 0.717) is 4.67 Å². The molecule has 0 spiro atoms. The van der Waals surface area contributed by atoms with Crippen molar-refractivity contribution in [2.24, 2.45) is 0 Å². The Morgan fingerprint density at radius 3 is 2.71 bits per heavy atom. The first-order chi connectivity index (χ1) is 7.99. The number of carboxylic acids is 1. The van der Waals surface area contributed by atoms with Crippen LogP contribution in [0.15, 0.2) is 21.2 Å². The third-order valence-electron chi connectivity index (χ3n) is 2.61. The first-order valence-electron chi connectivity index (χ1n) is 4.96. The van der Waals surface area contributed by atoms with Gasteiger partial charge in [-0.15, -0.1) is 0 Å². The average molecular weight is 304 g/mol. The minimum Gasteiger partial charge on any atom is -0.480 e. The molecule has 17 heavy (non-hydrogen) atoms. The lowest BCUT2D eigenvalue weighted by atomic mass is 10.2. The standard InChI is InChI=1S/C10H10BrNO5/c11-8-2-1-7(17-8)9(14)12-4-5(13)3-6(12)10(15)16/h1-2,5-6,13H,3-4H2,(H,15,16)/t5-,6-/m1/s1. The predicted molar refractivity (Wildman–Crippen MR) is 59.5 cm³/mol. The monoisotopic (exact) mass is 303 g/mol. The van der Waals surface area contributed by atoms with Crippen LogP contribution >= 0.6 is 15.9 Å². The molecule has 2 atom stereocenters. The van der Waals surface area contributed by atoms with Gasteiger partial charge in [0, 0.05) is 13.0 Å². The summed E-state index contributed by atoms with van der Waals surface area (Å²) in [7, 11) is 0. The molecule has 92 valence electrons. The number of furan rings is 1. The van der Waals surface area contributed by atoms with Crippen molar-refractivity contribution in [3.63, 3.8) is 0 Å². The number of carbonyl (C=O) groups excluding carboxylic acids is 1. The second-order valence-corrected chi connectivity index (χ2v) is 4.59. The number of hydrogen-bond acceptors (Lipinski definition) is 4. The number of hydrogen-bond donors (Lipinski definition) is 2. The summed E-state index contributed by atoms with van der Waals surface area (Å²) in [6, 6.07) is 2.01. The topological polar surface area (TPSA) is 91.0 Å². The van der Waals surface area contributed by atoms with Crippen LogP contribution in [0.2, 0.25) is 0 Å². The zero-order valence-corrected chi connectivity index (χ0v) is 10.3. The molecule has 1 saturated heterocycles. The number of amides is 1. The van der Waals surface area contributed by atoms with Crippen molar-refractivity contribution < 1.29 is 24.2 Å². The Morgan fingerprint density at radius 1 is 1.47 bits per heavy atom. The normalized spacial score (nSPS) is 24.0. The van der Waals surface area contributed by atoms with Gasteiger partial charge in [0.25, 0.3) is 5.91 Å². The summed E-state index contributed by atoms with van der Waals surface area (Å²) >= 11 is 3.06. The molecule has 1 aliphatic rings. The van der Waals surface area contributed by atoms with Crippen molar-refractivity contribution in [1.29, 1.82) is 0 Å². The van der Waals surface area contributed by atoms with Gasteiger partial charge in [-0.1, -0.05) is 0 Å². The highest BCUT2D eigenvalue weighted by Crippen LogP contribution is 2.23. The Labute approximate surface area is 105 Å². The minimum atomic E-state index is -1.12. The van der Waals surface area contributed by atoms with E-state index < -0.39 is 24.0 Å². The number of aliphatic hydroxyl groups is 1. The van der Waals surface area contributed by atoms with Gasteiger partial charge in [-0.3, -0.25) is 4.79 Å². The van der Waals surface area contributed by atoms with Crippen molar-refractivity contribution in [2.75, 3.05) is 6.54 Å². The van der Waals surface area contributed by atoms with E-state index in [1.807, 2.05) is 0 Å². The second-order valence-electron chi connectivity index (χ2n) is 3.80. The van der Waals surface area contributed by atoms with Crippen LogP contribution in [-0.2, 0) is 4.79 Å². The third-order valence-corrected chi connectivity index (χ3v) is 3.04. The molecule has 1 fully saturated rings. The van der Waals surface area contributed by atoms with Crippen molar-refractivity contribution >= 4 is 27.8 Å². The van der Waals surface area contributed by atoms with Crippen LogP contribution < -0.4 is 0 Å². The van der Waals surface area contributed by atoms with E-state index in [2.05, 4.69) is 15.9 Å². The summed E-state index contributed by atoms with van der Waals surface area (Å²) in [4.78, 5) is 24.0. The SMILES string of the molecule is O=C(O)[C@H]1C[C@@H](O)CN1C(=O)c1ccc(Br)o1. The summed E-state index contributed by atoms with van der Waals surface area (Å²) < 4.78 is 5.47.